The molecule has 0 fully saturated rings. The molecule has 0 aliphatic carbocycles. The molecule has 3 aromatic rings. The maximum Gasteiger partial charge on any atom is 0.261 e. The number of benzene rings is 3. The largest absolute Gasteiger partial charge is 0.494 e. The Balaban J connectivity index is 1.76. The second-order valence-electron chi connectivity index (χ2n) is 8.60. The van der Waals surface area contributed by atoms with Crippen molar-refractivity contribution in [3.05, 3.63) is 77.9 Å². The molecule has 0 bridgehead atoms. The number of rotatable bonds is 10. The summed E-state index contributed by atoms with van der Waals surface area (Å²) in [5, 5.41) is 2.66. The molecule has 3 aromatic carbocycles. The van der Waals surface area contributed by atoms with Gasteiger partial charge in [-0.3, -0.25) is 13.8 Å². The zero-order valence-electron chi connectivity index (χ0n) is 21.3. The van der Waals surface area contributed by atoms with Gasteiger partial charge >= 0.3 is 0 Å². The molecule has 0 saturated heterocycles. The molecule has 3 rings (SSSR count). The van der Waals surface area contributed by atoms with Crippen LogP contribution >= 0.6 is 0 Å². The Labute approximate surface area is 218 Å². The Morgan fingerprint density at radius 3 is 2.14 bits per heavy atom. The van der Waals surface area contributed by atoms with Crippen LogP contribution in [0, 0.1) is 13.8 Å². The SMILES string of the molecule is CCOc1ccc(N(C(C)C(=O)Nc2ccc(S(=O)(=O)Nc3cc(C)ccc3C)cc2)S(C)(=O)=O)cc1. The minimum atomic E-state index is -3.85. The van der Waals surface area contributed by atoms with Crippen LogP contribution in [0.5, 0.6) is 5.75 Å². The van der Waals surface area contributed by atoms with Gasteiger partial charge in [0.1, 0.15) is 11.8 Å². The lowest BCUT2D eigenvalue weighted by Crippen LogP contribution is -2.45. The first-order valence-corrected chi connectivity index (χ1v) is 14.9. The molecule has 2 N–H and O–H groups in total. The van der Waals surface area contributed by atoms with Crippen molar-refractivity contribution in [1.82, 2.24) is 0 Å². The van der Waals surface area contributed by atoms with Crippen LogP contribution in [0.25, 0.3) is 0 Å². The number of nitrogens with one attached hydrogen (secondary N) is 2. The monoisotopic (exact) mass is 545 g/mol. The third-order valence-electron chi connectivity index (χ3n) is 5.56. The molecule has 0 radical (unpaired) electrons. The number of anilines is 3. The normalized spacial score (nSPS) is 12.5. The number of nitrogens with zero attached hydrogens (tertiary/aromatic N) is 1. The van der Waals surface area contributed by atoms with Gasteiger partial charge in [0.2, 0.25) is 15.9 Å². The van der Waals surface area contributed by atoms with Gasteiger partial charge in [-0.1, -0.05) is 12.1 Å². The Kier molecular flexibility index (Phi) is 8.49. The summed E-state index contributed by atoms with van der Waals surface area (Å²) in [5.74, 6) is 0.00215. The van der Waals surface area contributed by atoms with Gasteiger partial charge in [-0.2, -0.15) is 0 Å². The molecule has 1 amide bonds. The number of sulfonamides is 2. The molecule has 198 valence electrons. The zero-order chi connectivity index (χ0) is 27.4. The van der Waals surface area contributed by atoms with E-state index >= 15 is 0 Å². The first-order chi connectivity index (χ1) is 17.3. The quantitative estimate of drug-likeness (QED) is 0.392. The lowest BCUT2D eigenvalue weighted by Gasteiger charge is -2.28. The smallest absolute Gasteiger partial charge is 0.261 e. The molecule has 0 heterocycles. The van der Waals surface area contributed by atoms with Crippen LogP contribution < -0.4 is 19.1 Å². The van der Waals surface area contributed by atoms with Crippen molar-refractivity contribution >= 4 is 43.0 Å². The molecule has 0 saturated carbocycles. The van der Waals surface area contributed by atoms with Crippen molar-refractivity contribution in [3.63, 3.8) is 0 Å². The first kappa shape index (κ1) is 28.0. The average molecular weight is 546 g/mol. The molecule has 1 unspecified atom stereocenters. The fourth-order valence-corrected chi connectivity index (χ4v) is 5.97. The summed E-state index contributed by atoms with van der Waals surface area (Å²) in [6.45, 7) is 7.46. The molecule has 0 aliphatic rings. The summed E-state index contributed by atoms with van der Waals surface area (Å²) in [7, 11) is -7.65. The number of amides is 1. The minimum Gasteiger partial charge on any atom is -0.494 e. The molecule has 1 atom stereocenters. The van der Waals surface area contributed by atoms with Gasteiger partial charge in [0.05, 0.1) is 29.1 Å². The van der Waals surface area contributed by atoms with E-state index in [0.717, 1.165) is 21.7 Å². The van der Waals surface area contributed by atoms with Crippen LogP contribution in [-0.2, 0) is 24.8 Å². The highest BCUT2D eigenvalue weighted by atomic mass is 32.2. The third kappa shape index (κ3) is 7.01. The fraction of sp³-hybridized carbons (Fsp3) is 0.269. The van der Waals surface area contributed by atoms with Crippen molar-refractivity contribution in [3.8, 4) is 5.75 Å². The average Bonchev–Trinajstić information content (AvgIpc) is 2.82. The molecule has 11 heteroatoms. The van der Waals surface area contributed by atoms with E-state index in [1.807, 2.05) is 32.9 Å². The van der Waals surface area contributed by atoms with Gasteiger partial charge in [-0.25, -0.2) is 16.8 Å². The van der Waals surface area contributed by atoms with E-state index in [0.29, 0.717) is 29.4 Å². The predicted molar refractivity (Wildman–Crippen MR) is 146 cm³/mol. The maximum absolute atomic E-state index is 13.0. The lowest BCUT2D eigenvalue weighted by molar-refractivity contribution is -0.116. The summed E-state index contributed by atoms with van der Waals surface area (Å²) in [6, 6.07) is 16.4. The topological polar surface area (TPSA) is 122 Å². The number of aryl methyl sites for hydroxylation is 2. The van der Waals surface area contributed by atoms with E-state index in [4.69, 9.17) is 4.74 Å². The summed E-state index contributed by atoms with van der Waals surface area (Å²) < 4.78 is 59.8. The number of ether oxygens (including phenoxy) is 1. The van der Waals surface area contributed by atoms with Crippen molar-refractivity contribution in [2.75, 3.05) is 27.2 Å². The molecule has 0 spiro atoms. The van der Waals surface area contributed by atoms with Crippen LogP contribution in [0.2, 0.25) is 0 Å². The summed E-state index contributed by atoms with van der Waals surface area (Å²) in [4.78, 5) is 13.0. The van der Waals surface area contributed by atoms with Crippen LogP contribution in [0.1, 0.15) is 25.0 Å². The standard InChI is InChI=1S/C26H31N3O6S2/c1-6-35-23-13-11-22(12-14-23)29(36(5,31)32)20(4)26(30)27-21-9-15-24(16-10-21)37(33,34)28-25-17-18(2)7-8-19(25)3/h7-17,20,28H,6H2,1-5H3,(H,27,30). The molecular formula is C26H31N3O6S2. The molecule has 37 heavy (non-hydrogen) atoms. The van der Waals surface area contributed by atoms with E-state index < -0.39 is 32.0 Å². The maximum atomic E-state index is 13.0. The number of carbonyl (C=O) groups excluding carboxylic acids is 1. The predicted octanol–water partition coefficient (Wildman–Crippen LogP) is 4.30. The molecule has 9 nitrogen and oxygen atoms in total. The Morgan fingerprint density at radius 1 is 0.946 bits per heavy atom. The molecular weight excluding hydrogens is 514 g/mol. The highest BCUT2D eigenvalue weighted by Gasteiger charge is 2.29. The zero-order valence-corrected chi connectivity index (χ0v) is 23.0. The Morgan fingerprint density at radius 2 is 1.57 bits per heavy atom. The second-order valence-corrected chi connectivity index (χ2v) is 12.1. The highest BCUT2D eigenvalue weighted by molar-refractivity contribution is 7.92. The summed E-state index contributed by atoms with van der Waals surface area (Å²) in [5.41, 5.74) is 2.83. The van der Waals surface area contributed by atoms with Crippen molar-refractivity contribution < 1.29 is 26.4 Å². The fourth-order valence-electron chi connectivity index (χ4n) is 3.68. The van der Waals surface area contributed by atoms with Gasteiger partial charge in [-0.15, -0.1) is 0 Å². The van der Waals surface area contributed by atoms with Gasteiger partial charge in [0.25, 0.3) is 10.0 Å². The van der Waals surface area contributed by atoms with Crippen molar-refractivity contribution in [2.24, 2.45) is 0 Å². The van der Waals surface area contributed by atoms with Crippen LogP contribution in [0.3, 0.4) is 0 Å². The number of hydrogen-bond acceptors (Lipinski definition) is 6. The van der Waals surface area contributed by atoms with E-state index in [1.165, 1.54) is 31.2 Å². The van der Waals surface area contributed by atoms with E-state index in [9.17, 15) is 21.6 Å². The summed E-state index contributed by atoms with van der Waals surface area (Å²) in [6.07, 6.45) is 1.02. The minimum absolute atomic E-state index is 0.0200. The van der Waals surface area contributed by atoms with Crippen molar-refractivity contribution in [1.29, 1.82) is 0 Å². The second kappa shape index (κ2) is 11.2. The van der Waals surface area contributed by atoms with Crippen molar-refractivity contribution in [2.45, 2.75) is 38.6 Å². The van der Waals surface area contributed by atoms with Crippen LogP contribution in [0.4, 0.5) is 17.1 Å². The molecule has 0 aliphatic heterocycles. The van der Waals surface area contributed by atoms with Gasteiger partial charge in [0, 0.05) is 5.69 Å². The Bertz CT molecular complexity index is 1470. The van der Waals surface area contributed by atoms with Crippen LogP contribution in [0.15, 0.2) is 71.6 Å². The summed E-state index contributed by atoms with van der Waals surface area (Å²) >= 11 is 0. The first-order valence-electron chi connectivity index (χ1n) is 11.5. The third-order valence-corrected chi connectivity index (χ3v) is 8.18. The highest BCUT2D eigenvalue weighted by Crippen LogP contribution is 2.25. The number of hydrogen-bond donors (Lipinski definition) is 2. The van der Waals surface area contributed by atoms with Crippen LogP contribution in [-0.4, -0.2) is 41.6 Å². The van der Waals surface area contributed by atoms with Gasteiger partial charge in [-0.05, 0) is 93.4 Å². The lowest BCUT2D eigenvalue weighted by atomic mass is 10.1. The van der Waals surface area contributed by atoms with E-state index in [2.05, 4.69) is 10.0 Å². The molecule has 0 aromatic heterocycles. The Hall–Kier alpha value is -3.57. The number of carbonyl (C=O) groups is 1. The van der Waals surface area contributed by atoms with Gasteiger partial charge in [0.15, 0.2) is 0 Å². The van der Waals surface area contributed by atoms with E-state index in [-0.39, 0.29) is 4.90 Å². The van der Waals surface area contributed by atoms with E-state index in [1.54, 1.807) is 30.3 Å². The van der Waals surface area contributed by atoms with Gasteiger partial charge < -0.3 is 10.1 Å².